The lowest BCUT2D eigenvalue weighted by Crippen LogP contribution is -2.14. The van der Waals surface area contributed by atoms with Gasteiger partial charge in [-0.15, -0.1) is 0 Å². The molecule has 0 amide bonds. The molecular formula is C31H45BF4S2. The smallest absolute Gasteiger partial charge is 0.418 e. The highest BCUT2D eigenvalue weighted by atomic mass is 32.2. The zero-order valence-corrected chi connectivity index (χ0v) is 26.7. The van der Waals surface area contributed by atoms with Crippen LogP contribution in [0.25, 0.3) is 6.08 Å². The molecule has 1 aromatic heterocycles. The Morgan fingerprint density at radius 2 is 1.03 bits per heavy atom. The summed E-state index contributed by atoms with van der Waals surface area (Å²) in [7, 11) is -6.00. The van der Waals surface area contributed by atoms with Crippen molar-refractivity contribution in [2.24, 2.45) is 10.8 Å². The van der Waals surface area contributed by atoms with E-state index in [4.69, 9.17) is 0 Å². The van der Waals surface area contributed by atoms with E-state index < -0.39 is 7.25 Å². The van der Waals surface area contributed by atoms with Gasteiger partial charge in [0.25, 0.3) is 0 Å². The molecular weight excluding hydrogens is 523 g/mol. The van der Waals surface area contributed by atoms with Gasteiger partial charge in [0.2, 0.25) is 21.1 Å². The molecule has 38 heavy (non-hydrogen) atoms. The van der Waals surface area contributed by atoms with Gasteiger partial charge < -0.3 is 17.3 Å². The Labute approximate surface area is 237 Å². The molecule has 0 atom stereocenters. The van der Waals surface area contributed by atoms with Gasteiger partial charge in [-0.25, -0.2) is 0 Å². The number of rotatable bonds is 3. The van der Waals surface area contributed by atoms with Gasteiger partial charge in [0, 0.05) is 23.0 Å². The maximum atomic E-state index is 9.75. The first-order valence-electron chi connectivity index (χ1n) is 12.9. The van der Waals surface area contributed by atoms with Crippen LogP contribution in [-0.2, 0) is 10.8 Å². The van der Waals surface area contributed by atoms with E-state index in [-0.39, 0.29) is 21.7 Å². The standard InChI is InChI=1S/C31H45S2.BF4/c1-28(2,3)24-18-22(19-25(32-24)29(4,5)6)16-14-13-15-17-23-20-26(30(7,8)9)33-27(21-23)31(10,11)12;2-1(3,4)5/h13-21H,1-12H3;/q+1;-1. The summed E-state index contributed by atoms with van der Waals surface area (Å²) in [5.41, 5.74) is 3.17. The minimum absolute atomic E-state index is 0.155. The molecule has 0 radical (unpaired) electrons. The normalized spacial score (nSPS) is 15.8. The first-order valence-corrected chi connectivity index (χ1v) is 14.5. The Hall–Kier alpha value is -1.60. The summed E-state index contributed by atoms with van der Waals surface area (Å²) in [5, 5.41) is 0. The largest absolute Gasteiger partial charge is 0.673 e. The van der Waals surface area contributed by atoms with Crippen molar-refractivity contribution in [3.63, 3.8) is 0 Å². The lowest BCUT2D eigenvalue weighted by molar-refractivity contribution is 0.368. The maximum Gasteiger partial charge on any atom is 0.673 e. The molecule has 0 fully saturated rings. The Kier molecular flexibility index (Phi) is 11.5. The van der Waals surface area contributed by atoms with Crippen LogP contribution >= 0.6 is 23.1 Å². The van der Waals surface area contributed by atoms with E-state index in [0.29, 0.717) is 0 Å². The summed E-state index contributed by atoms with van der Waals surface area (Å²) in [5.74, 6) is 0. The second kappa shape index (κ2) is 12.7. The second-order valence-electron chi connectivity index (χ2n) is 13.6. The van der Waals surface area contributed by atoms with E-state index in [1.165, 1.54) is 30.7 Å². The Morgan fingerprint density at radius 1 is 0.632 bits per heavy atom. The summed E-state index contributed by atoms with van der Waals surface area (Å²) < 4.78 is 39.0. The van der Waals surface area contributed by atoms with Crippen molar-refractivity contribution in [2.75, 3.05) is 0 Å². The van der Waals surface area contributed by atoms with Gasteiger partial charge in [-0.3, -0.25) is 0 Å². The lowest BCUT2D eigenvalue weighted by atomic mass is 9.91. The fourth-order valence-electron chi connectivity index (χ4n) is 3.11. The van der Waals surface area contributed by atoms with Gasteiger partial charge in [0.05, 0.1) is 0 Å². The molecule has 212 valence electrons. The zero-order chi connectivity index (χ0) is 29.7. The van der Waals surface area contributed by atoms with Crippen molar-refractivity contribution in [3.8, 4) is 0 Å². The average molecular weight is 569 g/mol. The molecule has 0 saturated heterocycles. The van der Waals surface area contributed by atoms with Gasteiger partial charge in [0.1, 0.15) is 0 Å². The predicted octanol–water partition coefficient (Wildman–Crippen LogP) is 12.0. The average Bonchev–Trinajstić information content (AvgIpc) is 2.69. The summed E-state index contributed by atoms with van der Waals surface area (Å²) >= 11 is 3.88. The summed E-state index contributed by atoms with van der Waals surface area (Å²) in [6.45, 7) is 27.6. The number of thioether (sulfide) groups is 1. The fraction of sp³-hybridized carbons (Fsp3) is 0.516. The molecule has 1 aliphatic rings. The number of hydrogen-bond donors (Lipinski definition) is 0. The molecule has 1 aliphatic heterocycles. The molecule has 0 aromatic carbocycles. The van der Waals surface area contributed by atoms with Gasteiger partial charge in [-0.05, 0) is 43.9 Å². The van der Waals surface area contributed by atoms with E-state index in [1.54, 1.807) is 0 Å². The molecule has 1 aromatic rings. The van der Waals surface area contributed by atoms with Gasteiger partial charge >= 0.3 is 7.25 Å². The highest BCUT2D eigenvalue weighted by Gasteiger charge is 2.31. The third kappa shape index (κ3) is 13.0. The maximum absolute atomic E-state index is 9.75. The van der Waals surface area contributed by atoms with Gasteiger partial charge in [0.15, 0.2) is 0 Å². The van der Waals surface area contributed by atoms with Crippen molar-refractivity contribution >= 4 is 36.4 Å². The fourth-order valence-corrected chi connectivity index (χ4v) is 5.59. The van der Waals surface area contributed by atoms with Crippen LogP contribution in [0.5, 0.6) is 0 Å². The van der Waals surface area contributed by atoms with Crippen LogP contribution in [0.2, 0.25) is 0 Å². The van der Waals surface area contributed by atoms with E-state index in [2.05, 4.69) is 138 Å². The number of allylic oxidation sites excluding steroid dienone is 9. The molecule has 2 rings (SSSR count). The Balaban J connectivity index is 0.00000132. The van der Waals surface area contributed by atoms with E-state index in [1.807, 2.05) is 23.1 Å². The summed E-state index contributed by atoms with van der Waals surface area (Å²) in [6, 6.07) is 4.69. The van der Waals surface area contributed by atoms with Gasteiger partial charge in [-0.2, -0.15) is 0 Å². The lowest BCUT2D eigenvalue weighted by Gasteiger charge is -2.31. The van der Waals surface area contributed by atoms with Crippen LogP contribution in [0, 0.1) is 10.8 Å². The van der Waals surface area contributed by atoms with Crippen molar-refractivity contribution in [1.82, 2.24) is 0 Å². The SMILES string of the molecule is CC(C)(C)C1=CC(=C/C=C/C=C/c2cc(C(C)(C)C)[s+]c(C(C)(C)C)c2)C=C(C(C)(C)C)S1.F[B-](F)(F)F. The van der Waals surface area contributed by atoms with E-state index in [9.17, 15) is 17.3 Å². The van der Waals surface area contributed by atoms with E-state index >= 15 is 0 Å². The predicted molar refractivity (Wildman–Crippen MR) is 165 cm³/mol. The molecule has 2 heterocycles. The highest BCUT2D eigenvalue weighted by Crippen LogP contribution is 2.48. The molecule has 0 unspecified atom stereocenters. The number of hydrogen-bond acceptors (Lipinski definition) is 1. The monoisotopic (exact) mass is 568 g/mol. The Morgan fingerprint density at radius 3 is 1.37 bits per heavy atom. The molecule has 0 bridgehead atoms. The summed E-state index contributed by atoms with van der Waals surface area (Å²) in [6.07, 6.45) is 15.6. The van der Waals surface area contributed by atoms with Crippen LogP contribution in [0.15, 0.2) is 64.0 Å². The minimum atomic E-state index is -6.00. The quantitative estimate of drug-likeness (QED) is 0.151. The molecule has 0 N–H and O–H groups in total. The number of halogens is 4. The topological polar surface area (TPSA) is 0 Å². The zero-order valence-electron chi connectivity index (χ0n) is 25.1. The van der Waals surface area contributed by atoms with Gasteiger partial charge in [-0.1, -0.05) is 125 Å². The van der Waals surface area contributed by atoms with Crippen molar-refractivity contribution in [1.29, 1.82) is 0 Å². The summed E-state index contributed by atoms with van der Waals surface area (Å²) in [4.78, 5) is 5.72. The first kappa shape index (κ1) is 34.4. The van der Waals surface area contributed by atoms with Crippen molar-refractivity contribution in [2.45, 2.75) is 93.9 Å². The van der Waals surface area contributed by atoms with Crippen LogP contribution in [0.3, 0.4) is 0 Å². The van der Waals surface area contributed by atoms with Crippen LogP contribution in [0.4, 0.5) is 17.3 Å². The second-order valence-corrected chi connectivity index (χ2v) is 15.8. The molecule has 0 saturated carbocycles. The Bertz CT molecular complexity index is 1040. The first-order chi connectivity index (χ1) is 16.9. The van der Waals surface area contributed by atoms with Crippen LogP contribution in [0.1, 0.15) is 98.4 Å². The molecule has 0 aliphatic carbocycles. The van der Waals surface area contributed by atoms with Crippen LogP contribution in [-0.4, -0.2) is 7.25 Å². The van der Waals surface area contributed by atoms with Crippen LogP contribution < -0.4 is 0 Å². The van der Waals surface area contributed by atoms with E-state index in [0.717, 1.165) is 0 Å². The highest BCUT2D eigenvalue weighted by molar-refractivity contribution is 8.06. The molecule has 7 heteroatoms. The third-order valence-electron chi connectivity index (χ3n) is 5.39. The molecule has 0 nitrogen and oxygen atoms in total. The third-order valence-corrected chi connectivity index (χ3v) is 9.19. The molecule has 0 spiro atoms. The minimum Gasteiger partial charge on any atom is -0.418 e. The van der Waals surface area contributed by atoms with Crippen molar-refractivity contribution < 1.29 is 17.3 Å². The van der Waals surface area contributed by atoms with Crippen molar-refractivity contribution in [3.05, 3.63) is 79.3 Å².